The number of rotatable bonds is 7. The van der Waals surface area contributed by atoms with Crippen LogP contribution >= 0.6 is 35.7 Å². The van der Waals surface area contributed by atoms with E-state index >= 15 is 0 Å². The monoisotopic (exact) mass is 505 g/mol. The van der Waals surface area contributed by atoms with Gasteiger partial charge in [-0.05, 0) is 45.7 Å². The first kappa shape index (κ1) is 24.1. The average molecular weight is 505 g/mol. The van der Waals surface area contributed by atoms with Gasteiger partial charge in [-0.2, -0.15) is 0 Å². The van der Waals surface area contributed by atoms with Crippen molar-refractivity contribution in [1.82, 2.24) is 10.2 Å². The Morgan fingerprint density at radius 3 is 2.52 bits per heavy atom. The summed E-state index contributed by atoms with van der Waals surface area (Å²) >= 11 is 1.83. The Morgan fingerprint density at radius 2 is 1.93 bits per heavy atom. The average Bonchev–Trinajstić information content (AvgIpc) is 2.66. The number of hydrogen-bond acceptors (Lipinski definition) is 4. The largest absolute Gasteiger partial charge is 0.466 e. The molecule has 1 aliphatic heterocycles. The highest BCUT2D eigenvalue weighted by molar-refractivity contribution is 14.0. The fourth-order valence-electron chi connectivity index (χ4n) is 2.96. The van der Waals surface area contributed by atoms with Crippen LogP contribution in [0.15, 0.2) is 34.2 Å². The second-order valence-electron chi connectivity index (χ2n) is 6.41. The molecule has 1 heterocycles. The van der Waals surface area contributed by atoms with Gasteiger partial charge in [0.25, 0.3) is 0 Å². The van der Waals surface area contributed by atoms with Crippen molar-refractivity contribution in [1.29, 1.82) is 0 Å². The van der Waals surface area contributed by atoms with E-state index in [4.69, 9.17) is 9.73 Å². The third kappa shape index (κ3) is 8.29. The van der Waals surface area contributed by atoms with Crippen LogP contribution in [0.25, 0.3) is 0 Å². The Hall–Kier alpha value is -0.960. The Bertz CT molecular complexity index is 587. The van der Waals surface area contributed by atoms with Crippen LogP contribution in [0.3, 0.4) is 0 Å². The molecule has 1 aliphatic rings. The highest BCUT2D eigenvalue weighted by atomic mass is 127. The van der Waals surface area contributed by atoms with E-state index in [0.29, 0.717) is 6.61 Å². The molecule has 0 bridgehead atoms. The summed E-state index contributed by atoms with van der Waals surface area (Å²) in [7, 11) is 0. The summed E-state index contributed by atoms with van der Waals surface area (Å²) < 4.78 is 5.15. The van der Waals surface area contributed by atoms with Gasteiger partial charge in [-0.15, -0.1) is 35.7 Å². The van der Waals surface area contributed by atoms with Gasteiger partial charge in [-0.25, -0.2) is 0 Å². The number of esters is 1. The fraction of sp³-hybridized carbons (Fsp3) is 0.600. The van der Waals surface area contributed by atoms with Gasteiger partial charge in [-0.1, -0.05) is 17.7 Å². The summed E-state index contributed by atoms with van der Waals surface area (Å²) in [6.45, 7) is 9.83. The van der Waals surface area contributed by atoms with Crippen LogP contribution in [0, 0.1) is 12.8 Å². The van der Waals surface area contributed by atoms with Gasteiger partial charge in [0.1, 0.15) is 0 Å². The molecule has 0 spiro atoms. The van der Waals surface area contributed by atoms with Crippen LogP contribution in [-0.2, 0) is 9.53 Å². The lowest BCUT2D eigenvalue weighted by atomic mass is 9.97. The minimum Gasteiger partial charge on any atom is -0.466 e. The van der Waals surface area contributed by atoms with Crippen LogP contribution < -0.4 is 5.32 Å². The SMILES string of the molecule is CCNC(=NCCSc1ccc(C)cc1)N1CCC(C(=O)OCC)CC1.I. The van der Waals surface area contributed by atoms with Crippen LogP contribution in [0.1, 0.15) is 32.3 Å². The van der Waals surface area contributed by atoms with Gasteiger partial charge in [0.15, 0.2) is 5.96 Å². The number of thioether (sulfide) groups is 1. The van der Waals surface area contributed by atoms with Gasteiger partial charge in [0.2, 0.25) is 0 Å². The van der Waals surface area contributed by atoms with E-state index in [9.17, 15) is 4.79 Å². The molecule has 1 aromatic rings. The second kappa shape index (κ2) is 13.3. The zero-order valence-electron chi connectivity index (χ0n) is 16.6. The number of likely N-dealkylation sites (tertiary alicyclic amines) is 1. The topological polar surface area (TPSA) is 53.9 Å². The first-order valence-electron chi connectivity index (χ1n) is 9.53. The Morgan fingerprint density at radius 1 is 1.26 bits per heavy atom. The number of carbonyl (C=O) groups excluding carboxylic acids is 1. The molecule has 0 amide bonds. The minimum absolute atomic E-state index is 0. The maximum absolute atomic E-state index is 11.9. The number of halogens is 1. The molecule has 1 aromatic carbocycles. The van der Waals surface area contributed by atoms with E-state index in [0.717, 1.165) is 50.7 Å². The van der Waals surface area contributed by atoms with E-state index in [2.05, 4.69) is 48.3 Å². The third-order valence-corrected chi connectivity index (χ3v) is 5.38. The van der Waals surface area contributed by atoms with Crippen molar-refractivity contribution in [3.8, 4) is 0 Å². The number of nitrogens with zero attached hydrogens (tertiary/aromatic N) is 2. The van der Waals surface area contributed by atoms with Crippen molar-refractivity contribution in [3.05, 3.63) is 29.8 Å². The van der Waals surface area contributed by atoms with Crippen molar-refractivity contribution in [2.45, 2.75) is 38.5 Å². The molecule has 0 aliphatic carbocycles. The number of ether oxygens (including phenoxy) is 1. The molecule has 0 aromatic heterocycles. The molecule has 152 valence electrons. The lowest BCUT2D eigenvalue weighted by Gasteiger charge is -2.33. The van der Waals surface area contributed by atoms with E-state index in [1.165, 1.54) is 10.5 Å². The fourth-order valence-corrected chi connectivity index (χ4v) is 3.71. The molecule has 7 heteroatoms. The highest BCUT2D eigenvalue weighted by Crippen LogP contribution is 2.20. The van der Waals surface area contributed by atoms with Crippen LogP contribution in [0.4, 0.5) is 0 Å². The zero-order chi connectivity index (χ0) is 18.8. The number of guanidine groups is 1. The van der Waals surface area contributed by atoms with Crippen molar-refractivity contribution in [2.24, 2.45) is 10.9 Å². The second-order valence-corrected chi connectivity index (χ2v) is 7.58. The third-order valence-electron chi connectivity index (χ3n) is 4.39. The number of aryl methyl sites for hydroxylation is 1. The Balaban J connectivity index is 0.00000364. The maximum Gasteiger partial charge on any atom is 0.309 e. The molecule has 1 saturated heterocycles. The maximum atomic E-state index is 11.9. The van der Waals surface area contributed by atoms with Crippen LogP contribution in [0.5, 0.6) is 0 Å². The molecular formula is C20H32IN3O2S. The first-order chi connectivity index (χ1) is 12.6. The number of nitrogens with one attached hydrogen (secondary N) is 1. The minimum atomic E-state index is -0.0522. The molecule has 2 rings (SSSR count). The van der Waals surface area contributed by atoms with Gasteiger partial charge < -0.3 is 15.0 Å². The summed E-state index contributed by atoms with van der Waals surface area (Å²) in [5, 5.41) is 3.38. The number of piperidine rings is 1. The van der Waals surface area contributed by atoms with Crippen LogP contribution in [0.2, 0.25) is 0 Å². The van der Waals surface area contributed by atoms with Crippen molar-refractivity contribution < 1.29 is 9.53 Å². The molecule has 5 nitrogen and oxygen atoms in total. The summed E-state index contributed by atoms with van der Waals surface area (Å²) in [5.41, 5.74) is 1.29. The van der Waals surface area contributed by atoms with Crippen molar-refractivity contribution in [3.63, 3.8) is 0 Å². The molecule has 0 saturated carbocycles. The zero-order valence-corrected chi connectivity index (χ0v) is 19.7. The molecule has 1 fully saturated rings. The van der Waals surface area contributed by atoms with Crippen LogP contribution in [-0.4, -0.2) is 55.4 Å². The van der Waals surface area contributed by atoms with Gasteiger partial charge in [0.05, 0.1) is 19.1 Å². The lowest BCUT2D eigenvalue weighted by Crippen LogP contribution is -2.46. The lowest BCUT2D eigenvalue weighted by molar-refractivity contribution is -0.149. The number of aliphatic imine (C=N–C) groups is 1. The predicted molar refractivity (Wildman–Crippen MR) is 124 cm³/mol. The summed E-state index contributed by atoms with van der Waals surface area (Å²) in [6, 6.07) is 8.61. The predicted octanol–water partition coefficient (Wildman–Crippen LogP) is 3.95. The smallest absolute Gasteiger partial charge is 0.309 e. The quantitative estimate of drug-likeness (QED) is 0.152. The Kier molecular flexibility index (Phi) is 11.8. The number of hydrogen-bond donors (Lipinski definition) is 1. The molecular weight excluding hydrogens is 473 g/mol. The van der Waals surface area contributed by atoms with Gasteiger partial charge in [0, 0.05) is 30.3 Å². The van der Waals surface area contributed by atoms with E-state index in [-0.39, 0.29) is 35.9 Å². The molecule has 0 radical (unpaired) electrons. The number of benzene rings is 1. The molecule has 0 atom stereocenters. The highest BCUT2D eigenvalue weighted by Gasteiger charge is 2.27. The van der Waals surface area contributed by atoms with E-state index in [1.54, 1.807) is 0 Å². The van der Waals surface area contributed by atoms with Gasteiger partial charge >= 0.3 is 5.97 Å². The van der Waals surface area contributed by atoms with E-state index < -0.39 is 0 Å². The normalized spacial score (nSPS) is 15.2. The molecule has 27 heavy (non-hydrogen) atoms. The summed E-state index contributed by atoms with van der Waals surface area (Å²) in [6.07, 6.45) is 1.67. The molecule has 0 unspecified atom stereocenters. The van der Waals surface area contributed by atoms with Gasteiger partial charge in [-0.3, -0.25) is 9.79 Å². The molecule has 1 N–H and O–H groups in total. The summed E-state index contributed by atoms with van der Waals surface area (Å²) in [5.74, 6) is 1.89. The van der Waals surface area contributed by atoms with E-state index in [1.807, 2.05) is 18.7 Å². The van der Waals surface area contributed by atoms with Crippen molar-refractivity contribution >= 4 is 47.7 Å². The number of carbonyl (C=O) groups is 1. The first-order valence-corrected chi connectivity index (χ1v) is 10.5. The van der Waals surface area contributed by atoms with Crippen molar-refractivity contribution in [2.75, 3.05) is 38.5 Å². The summed E-state index contributed by atoms with van der Waals surface area (Å²) in [4.78, 5) is 20.2. The Labute approximate surface area is 184 Å². The standard InChI is InChI=1S/C20H31N3O2S.HI/c1-4-21-20(22-12-15-26-18-8-6-16(3)7-9-18)23-13-10-17(11-14-23)19(24)25-5-2;/h6-9,17H,4-5,10-15H2,1-3H3,(H,21,22);1H.